The van der Waals surface area contributed by atoms with E-state index in [1.54, 1.807) is 18.2 Å². The quantitative estimate of drug-likeness (QED) is 0.213. The lowest BCUT2D eigenvalue weighted by atomic mass is 10.0. The second kappa shape index (κ2) is 11.9. The Morgan fingerprint density at radius 2 is 1.80 bits per heavy atom. The summed E-state index contributed by atoms with van der Waals surface area (Å²) in [6.07, 6.45) is 2.16. The van der Waals surface area contributed by atoms with E-state index < -0.39 is 6.10 Å². The molecule has 11 nitrogen and oxygen atoms in total. The summed E-state index contributed by atoms with van der Waals surface area (Å²) in [4.78, 5) is 53.7. The Labute approximate surface area is 255 Å². The summed E-state index contributed by atoms with van der Waals surface area (Å²) in [5.41, 5.74) is 4.19. The maximum Gasteiger partial charge on any atom is 0.261 e. The topological polar surface area (TPSA) is 144 Å². The van der Waals surface area contributed by atoms with Crippen molar-refractivity contribution in [3.8, 4) is 17.1 Å². The van der Waals surface area contributed by atoms with Gasteiger partial charge in [0.05, 0.1) is 27.8 Å². The van der Waals surface area contributed by atoms with Crippen LogP contribution in [0.4, 0.5) is 5.69 Å². The monoisotopic (exact) mass is 598 g/mol. The van der Waals surface area contributed by atoms with Crippen LogP contribution in [-0.4, -0.2) is 87.1 Å². The third-order valence-corrected chi connectivity index (χ3v) is 8.61. The van der Waals surface area contributed by atoms with Gasteiger partial charge in [0.1, 0.15) is 29.8 Å². The third kappa shape index (κ3) is 5.60. The van der Waals surface area contributed by atoms with Crippen LogP contribution in [0, 0.1) is 6.92 Å². The highest BCUT2D eigenvalue weighted by Gasteiger charge is 2.41. The summed E-state index contributed by atoms with van der Waals surface area (Å²) in [5.74, 6) is 0.783. The fraction of sp³-hybridized carbons (Fsp3) is 0.394. The molecular formula is C33H38N6O5. The Morgan fingerprint density at radius 1 is 1.07 bits per heavy atom. The highest BCUT2D eigenvalue weighted by Crippen LogP contribution is 2.33. The molecule has 4 heterocycles. The highest BCUT2D eigenvalue weighted by atomic mass is 16.5. The number of benzene rings is 2. The lowest BCUT2D eigenvalue weighted by molar-refractivity contribution is 0.0516. The number of pyridine rings is 1. The van der Waals surface area contributed by atoms with E-state index >= 15 is 0 Å². The van der Waals surface area contributed by atoms with Crippen molar-refractivity contribution in [3.05, 3.63) is 75.2 Å². The molecule has 0 radical (unpaired) electrons. The maximum absolute atomic E-state index is 13.3. The molecule has 44 heavy (non-hydrogen) atoms. The van der Waals surface area contributed by atoms with Gasteiger partial charge in [-0.2, -0.15) is 0 Å². The van der Waals surface area contributed by atoms with E-state index in [2.05, 4.69) is 45.1 Å². The zero-order chi connectivity index (χ0) is 31.1. The summed E-state index contributed by atoms with van der Waals surface area (Å²) >= 11 is 0. The summed E-state index contributed by atoms with van der Waals surface area (Å²) in [7, 11) is 2.04. The molecular weight excluding hydrogens is 560 g/mol. The number of ether oxygens (including phenoxy) is 1. The van der Waals surface area contributed by atoms with E-state index in [0.29, 0.717) is 33.8 Å². The van der Waals surface area contributed by atoms with Gasteiger partial charge in [0.25, 0.3) is 17.4 Å². The average molecular weight is 599 g/mol. The number of amides is 2. The molecule has 2 aromatic carbocycles. The standard InChI is InChI=1S/C33H38N6O5/c1-18(2)20-6-5-19(3)28(13-20)44-17-22(40)16-35-25-7-10-34-31(41)29(25)30-36-26-14-23-24(15-27(26)37-30)33(43)39(32(23)42)21-8-11-38(4)12-9-21/h5-7,10,13-15,18,21-22,40H,8-9,11-12,16-17H2,1-4H3,(H,36,37)(H2,34,35,41). The molecule has 0 saturated carbocycles. The van der Waals surface area contributed by atoms with E-state index in [1.165, 1.54) is 11.1 Å². The van der Waals surface area contributed by atoms with Crippen molar-refractivity contribution in [2.45, 2.75) is 51.7 Å². The summed E-state index contributed by atoms with van der Waals surface area (Å²) in [6.45, 7) is 8.07. The Hall–Kier alpha value is -4.48. The lowest BCUT2D eigenvalue weighted by Gasteiger charge is -2.33. The number of rotatable bonds is 9. The average Bonchev–Trinajstić information content (AvgIpc) is 3.52. The summed E-state index contributed by atoms with van der Waals surface area (Å²) in [6, 6.07) is 10.9. The predicted molar refractivity (Wildman–Crippen MR) is 168 cm³/mol. The maximum atomic E-state index is 13.3. The normalized spacial score (nSPS) is 16.6. The van der Waals surface area contributed by atoms with Crippen LogP contribution < -0.4 is 15.6 Å². The van der Waals surface area contributed by atoms with Crippen molar-refractivity contribution in [1.82, 2.24) is 24.8 Å². The molecule has 1 unspecified atom stereocenters. The number of piperidine rings is 1. The van der Waals surface area contributed by atoms with Crippen LogP contribution >= 0.6 is 0 Å². The van der Waals surface area contributed by atoms with Crippen molar-refractivity contribution in [1.29, 1.82) is 0 Å². The number of H-pyrrole nitrogens is 2. The molecule has 0 bridgehead atoms. The highest BCUT2D eigenvalue weighted by molar-refractivity contribution is 6.23. The van der Waals surface area contributed by atoms with E-state index in [-0.39, 0.29) is 48.0 Å². The number of imide groups is 1. The van der Waals surface area contributed by atoms with Crippen molar-refractivity contribution in [3.63, 3.8) is 0 Å². The van der Waals surface area contributed by atoms with E-state index in [4.69, 9.17) is 4.74 Å². The molecule has 2 aromatic heterocycles. The van der Waals surface area contributed by atoms with Crippen molar-refractivity contribution in [2.75, 3.05) is 38.6 Å². The molecule has 4 aromatic rings. The molecule has 230 valence electrons. The second-order valence-electron chi connectivity index (χ2n) is 12.1. The largest absolute Gasteiger partial charge is 0.491 e. The van der Waals surface area contributed by atoms with Crippen LogP contribution in [0.3, 0.4) is 0 Å². The van der Waals surface area contributed by atoms with Crippen LogP contribution in [0.5, 0.6) is 5.75 Å². The number of aliphatic hydroxyl groups excluding tert-OH is 1. The molecule has 11 heteroatoms. The van der Waals surface area contributed by atoms with Gasteiger partial charge in [0, 0.05) is 18.8 Å². The molecule has 0 spiro atoms. The van der Waals surface area contributed by atoms with Crippen molar-refractivity contribution < 1.29 is 19.4 Å². The number of hydrogen-bond donors (Lipinski definition) is 4. The number of imidazole rings is 1. The van der Waals surface area contributed by atoms with Gasteiger partial charge >= 0.3 is 0 Å². The van der Waals surface area contributed by atoms with E-state index in [1.807, 2.05) is 26.1 Å². The van der Waals surface area contributed by atoms with E-state index in [9.17, 15) is 19.5 Å². The minimum atomic E-state index is -0.854. The summed E-state index contributed by atoms with van der Waals surface area (Å²) < 4.78 is 5.93. The molecule has 1 fully saturated rings. The SMILES string of the molecule is Cc1ccc(C(C)C)cc1OCC(O)CNc1cc[nH]c(=O)c1-c1nc2cc3c(cc2[nH]1)C(=O)N(C1CCN(C)CC1)C3=O. The number of nitrogens with one attached hydrogen (secondary N) is 3. The van der Waals surface area contributed by atoms with Gasteiger partial charge in [-0.05, 0) is 81.2 Å². The molecule has 2 amide bonds. The molecule has 4 N–H and O–H groups in total. The predicted octanol–water partition coefficient (Wildman–Crippen LogP) is 3.89. The number of carbonyl (C=O) groups excluding carboxylic acids is 2. The number of hydrogen-bond acceptors (Lipinski definition) is 8. The number of aliphatic hydroxyl groups is 1. The van der Waals surface area contributed by atoms with E-state index in [0.717, 1.165) is 42.8 Å². The van der Waals surface area contributed by atoms with Gasteiger partial charge in [-0.25, -0.2) is 4.98 Å². The van der Waals surface area contributed by atoms with Gasteiger partial charge in [0.2, 0.25) is 0 Å². The molecule has 0 aliphatic carbocycles. The number of aryl methyl sites for hydroxylation is 1. The van der Waals surface area contributed by atoms with Crippen LogP contribution in [0.1, 0.15) is 64.4 Å². The van der Waals surface area contributed by atoms with Crippen LogP contribution in [0.25, 0.3) is 22.4 Å². The lowest BCUT2D eigenvalue weighted by Crippen LogP contribution is -2.46. The number of carbonyl (C=O) groups is 2. The first-order valence-electron chi connectivity index (χ1n) is 15.1. The van der Waals surface area contributed by atoms with Crippen molar-refractivity contribution in [2.24, 2.45) is 0 Å². The smallest absolute Gasteiger partial charge is 0.261 e. The Bertz CT molecular complexity index is 1730. The fourth-order valence-corrected chi connectivity index (χ4v) is 5.93. The zero-order valence-electron chi connectivity index (χ0n) is 25.4. The summed E-state index contributed by atoms with van der Waals surface area (Å²) in [5, 5.41) is 13.8. The number of likely N-dealkylation sites (tertiary alicyclic amines) is 1. The van der Waals surface area contributed by atoms with Crippen LogP contribution in [0.2, 0.25) is 0 Å². The molecule has 2 aliphatic heterocycles. The first-order valence-corrected chi connectivity index (χ1v) is 15.1. The molecule has 6 rings (SSSR count). The number of aromatic nitrogens is 3. The Balaban J connectivity index is 1.19. The van der Waals surface area contributed by atoms with Gasteiger partial charge in [0.15, 0.2) is 0 Å². The van der Waals surface area contributed by atoms with Crippen molar-refractivity contribution >= 4 is 28.5 Å². The Kier molecular flexibility index (Phi) is 8.00. The number of nitrogens with zero attached hydrogens (tertiary/aromatic N) is 3. The first-order chi connectivity index (χ1) is 21.1. The second-order valence-corrected chi connectivity index (χ2v) is 12.1. The van der Waals surface area contributed by atoms with Gasteiger partial charge in [-0.3, -0.25) is 19.3 Å². The molecule has 2 aliphatic rings. The minimum Gasteiger partial charge on any atom is -0.491 e. The molecule has 1 saturated heterocycles. The zero-order valence-corrected chi connectivity index (χ0v) is 25.4. The number of anilines is 1. The minimum absolute atomic E-state index is 0.0702. The van der Waals surface area contributed by atoms with Crippen LogP contribution in [-0.2, 0) is 0 Å². The Morgan fingerprint density at radius 3 is 2.52 bits per heavy atom. The number of fused-ring (bicyclic) bond motifs is 2. The van der Waals surface area contributed by atoms with Gasteiger partial charge < -0.3 is 30.0 Å². The van der Waals surface area contributed by atoms with Crippen LogP contribution in [0.15, 0.2) is 47.4 Å². The third-order valence-electron chi connectivity index (χ3n) is 8.61. The van der Waals surface area contributed by atoms with Gasteiger partial charge in [-0.1, -0.05) is 26.0 Å². The first kappa shape index (κ1) is 29.6. The number of aromatic amines is 2. The van der Waals surface area contributed by atoms with Gasteiger partial charge in [-0.15, -0.1) is 0 Å². The fourth-order valence-electron chi connectivity index (χ4n) is 5.93. The molecule has 1 atom stereocenters.